The zero-order chi connectivity index (χ0) is 21.3. The fourth-order valence-corrected chi connectivity index (χ4v) is 4.05. The topological polar surface area (TPSA) is 38.9 Å². The zero-order valence-corrected chi connectivity index (χ0v) is 17.3. The molecule has 0 N–H and O–H groups in total. The third-order valence-electron chi connectivity index (χ3n) is 5.37. The van der Waals surface area contributed by atoms with E-state index in [4.69, 9.17) is 12.2 Å². The number of likely N-dealkylation sites (tertiary alicyclic amines) is 1. The first-order chi connectivity index (χ1) is 14.3. The van der Waals surface area contributed by atoms with Crippen LogP contribution in [0.15, 0.2) is 48.8 Å². The van der Waals surface area contributed by atoms with Crippen molar-refractivity contribution < 1.29 is 13.2 Å². The Balaban J connectivity index is 1.71. The molecule has 1 aromatic carbocycles. The lowest BCUT2D eigenvalue weighted by Gasteiger charge is -2.33. The number of pyridine rings is 1. The molecule has 1 atom stereocenters. The Labute approximate surface area is 177 Å². The number of benzene rings is 1. The zero-order valence-electron chi connectivity index (χ0n) is 16.5. The van der Waals surface area contributed by atoms with Crippen LogP contribution >= 0.6 is 12.2 Å². The molecule has 5 nitrogen and oxygen atoms in total. The number of rotatable bonds is 4. The van der Waals surface area contributed by atoms with Gasteiger partial charge in [0.1, 0.15) is 0 Å². The first kappa shape index (κ1) is 20.7. The second-order valence-corrected chi connectivity index (χ2v) is 7.98. The maximum absolute atomic E-state index is 13.2. The summed E-state index contributed by atoms with van der Waals surface area (Å²) in [6, 6.07) is 11.6. The van der Waals surface area contributed by atoms with Gasteiger partial charge in [0.25, 0.3) is 0 Å². The molecule has 1 unspecified atom stereocenters. The molecule has 0 bridgehead atoms. The minimum atomic E-state index is -4.18. The summed E-state index contributed by atoms with van der Waals surface area (Å²) in [6.07, 6.45) is -0.146. The van der Waals surface area contributed by atoms with E-state index in [1.165, 1.54) is 0 Å². The van der Waals surface area contributed by atoms with Crippen LogP contribution in [0.5, 0.6) is 0 Å². The standard InChI is InChI=1S/C21H22F3N5S/c1-15-4-6-18(7-5-15)29-19(16-8-10-25-11-9-16)26-28(20(29)30)14-27-12-2-3-17(13-27)21(22,23)24/h4-11,17H,2-3,12-14H2,1H3. The second kappa shape index (κ2) is 8.31. The van der Waals surface area contributed by atoms with Crippen molar-refractivity contribution in [3.8, 4) is 17.1 Å². The molecule has 158 valence electrons. The Morgan fingerprint density at radius 1 is 1.10 bits per heavy atom. The predicted molar refractivity (Wildman–Crippen MR) is 111 cm³/mol. The lowest BCUT2D eigenvalue weighted by Crippen LogP contribution is -2.42. The van der Waals surface area contributed by atoms with Gasteiger partial charge in [-0.25, -0.2) is 4.68 Å². The van der Waals surface area contributed by atoms with Crippen molar-refractivity contribution in [1.82, 2.24) is 24.2 Å². The maximum atomic E-state index is 13.2. The highest BCUT2D eigenvalue weighted by Gasteiger charge is 2.41. The molecule has 0 saturated carbocycles. The maximum Gasteiger partial charge on any atom is 0.393 e. The number of piperidine rings is 1. The lowest BCUT2D eigenvalue weighted by molar-refractivity contribution is -0.188. The van der Waals surface area contributed by atoms with Crippen LogP contribution in [0.3, 0.4) is 0 Å². The first-order valence-electron chi connectivity index (χ1n) is 9.79. The Bertz CT molecular complexity index is 1060. The van der Waals surface area contributed by atoms with E-state index in [2.05, 4.69) is 10.1 Å². The molecule has 30 heavy (non-hydrogen) atoms. The van der Waals surface area contributed by atoms with Gasteiger partial charge in [-0.1, -0.05) is 17.7 Å². The van der Waals surface area contributed by atoms with E-state index >= 15 is 0 Å². The average molecular weight is 434 g/mol. The number of hydrogen-bond acceptors (Lipinski definition) is 4. The molecule has 0 spiro atoms. The highest BCUT2D eigenvalue weighted by molar-refractivity contribution is 7.71. The number of alkyl halides is 3. The van der Waals surface area contributed by atoms with Gasteiger partial charge in [0.05, 0.1) is 12.6 Å². The van der Waals surface area contributed by atoms with Crippen LogP contribution in [-0.2, 0) is 6.67 Å². The summed E-state index contributed by atoms with van der Waals surface area (Å²) < 4.78 is 43.5. The molecule has 1 aliphatic rings. The van der Waals surface area contributed by atoms with Crippen molar-refractivity contribution in [2.24, 2.45) is 5.92 Å². The Kier molecular flexibility index (Phi) is 5.75. The monoisotopic (exact) mass is 433 g/mol. The summed E-state index contributed by atoms with van der Waals surface area (Å²) >= 11 is 5.70. The smallest absolute Gasteiger partial charge is 0.284 e. The van der Waals surface area contributed by atoms with Gasteiger partial charge in [0.2, 0.25) is 4.77 Å². The van der Waals surface area contributed by atoms with E-state index in [0.29, 0.717) is 23.6 Å². The van der Waals surface area contributed by atoms with Crippen LogP contribution in [0.2, 0.25) is 0 Å². The second-order valence-electron chi connectivity index (χ2n) is 7.61. The van der Waals surface area contributed by atoms with Crippen LogP contribution in [0.4, 0.5) is 13.2 Å². The number of aromatic nitrogens is 4. The van der Waals surface area contributed by atoms with Crippen molar-refractivity contribution in [1.29, 1.82) is 0 Å². The third-order valence-corrected chi connectivity index (χ3v) is 5.77. The Morgan fingerprint density at radius 3 is 2.47 bits per heavy atom. The van der Waals surface area contributed by atoms with E-state index in [-0.39, 0.29) is 19.6 Å². The summed E-state index contributed by atoms with van der Waals surface area (Å²) in [4.78, 5) is 5.83. The molecule has 0 amide bonds. The molecule has 0 radical (unpaired) electrons. The SMILES string of the molecule is Cc1ccc(-n2c(-c3ccncc3)nn(CN3CCCC(C(F)(F)F)C3)c2=S)cc1. The Morgan fingerprint density at radius 2 is 1.80 bits per heavy atom. The molecule has 4 rings (SSSR count). The van der Waals surface area contributed by atoms with Crippen LogP contribution in [0.25, 0.3) is 17.1 Å². The van der Waals surface area contributed by atoms with Crippen molar-refractivity contribution in [2.45, 2.75) is 32.6 Å². The highest BCUT2D eigenvalue weighted by Crippen LogP contribution is 2.33. The molecule has 1 fully saturated rings. The fraction of sp³-hybridized carbons (Fsp3) is 0.381. The number of halogens is 3. The quantitative estimate of drug-likeness (QED) is 0.543. The summed E-state index contributed by atoms with van der Waals surface area (Å²) in [7, 11) is 0. The first-order valence-corrected chi connectivity index (χ1v) is 10.2. The Hall–Kier alpha value is -2.52. The summed E-state index contributed by atoms with van der Waals surface area (Å²) in [5.41, 5.74) is 2.81. The van der Waals surface area contributed by atoms with E-state index < -0.39 is 12.1 Å². The van der Waals surface area contributed by atoms with Crippen molar-refractivity contribution in [3.05, 3.63) is 59.1 Å². The number of hydrogen-bond donors (Lipinski definition) is 0. The van der Waals surface area contributed by atoms with Crippen molar-refractivity contribution in [2.75, 3.05) is 13.1 Å². The third kappa shape index (κ3) is 4.32. The highest BCUT2D eigenvalue weighted by atomic mass is 32.1. The van der Waals surface area contributed by atoms with Gasteiger partial charge in [-0.2, -0.15) is 13.2 Å². The van der Waals surface area contributed by atoms with E-state index in [0.717, 1.165) is 16.8 Å². The van der Waals surface area contributed by atoms with Gasteiger partial charge in [0.15, 0.2) is 5.82 Å². The normalized spacial score (nSPS) is 17.9. The molecule has 3 heterocycles. The van der Waals surface area contributed by atoms with Gasteiger partial charge in [-0.05, 0) is 62.8 Å². The van der Waals surface area contributed by atoms with Crippen LogP contribution in [0, 0.1) is 17.6 Å². The van der Waals surface area contributed by atoms with Gasteiger partial charge in [-0.15, -0.1) is 5.10 Å². The van der Waals surface area contributed by atoms with Crippen LogP contribution < -0.4 is 0 Å². The van der Waals surface area contributed by atoms with Gasteiger partial charge in [-0.3, -0.25) is 14.5 Å². The molecular weight excluding hydrogens is 411 g/mol. The largest absolute Gasteiger partial charge is 0.393 e. The number of aryl methyl sites for hydroxylation is 1. The lowest BCUT2D eigenvalue weighted by atomic mass is 9.98. The van der Waals surface area contributed by atoms with Crippen LogP contribution in [-0.4, -0.2) is 43.5 Å². The molecule has 1 aliphatic heterocycles. The molecule has 0 aliphatic carbocycles. The summed E-state index contributed by atoms with van der Waals surface area (Å²) in [5.74, 6) is -0.671. The molecule has 1 saturated heterocycles. The molecule has 3 aromatic rings. The van der Waals surface area contributed by atoms with E-state index in [1.807, 2.05) is 47.9 Å². The number of nitrogens with zero attached hydrogens (tertiary/aromatic N) is 5. The molecule has 9 heteroatoms. The fourth-order valence-electron chi connectivity index (χ4n) is 3.75. The van der Waals surface area contributed by atoms with Crippen molar-refractivity contribution >= 4 is 12.2 Å². The molecule has 2 aromatic heterocycles. The van der Waals surface area contributed by atoms with Crippen molar-refractivity contribution in [3.63, 3.8) is 0 Å². The summed E-state index contributed by atoms with van der Waals surface area (Å²) in [5, 5.41) is 4.68. The van der Waals surface area contributed by atoms with Gasteiger partial charge < -0.3 is 0 Å². The average Bonchev–Trinajstić information content (AvgIpc) is 3.05. The summed E-state index contributed by atoms with van der Waals surface area (Å²) in [6.45, 7) is 2.79. The van der Waals surface area contributed by atoms with Gasteiger partial charge in [0, 0.05) is 30.2 Å². The molecular formula is C21H22F3N5S. The van der Waals surface area contributed by atoms with Crippen LogP contribution in [0.1, 0.15) is 18.4 Å². The minimum absolute atomic E-state index is 0.0345. The van der Waals surface area contributed by atoms with E-state index in [9.17, 15) is 13.2 Å². The van der Waals surface area contributed by atoms with Gasteiger partial charge >= 0.3 is 6.18 Å². The predicted octanol–water partition coefficient (Wildman–Crippen LogP) is 5.01. The van der Waals surface area contributed by atoms with E-state index in [1.54, 1.807) is 22.0 Å². The minimum Gasteiger partial charge on any atom is -0.284 e.